The molecule has 0 aliphatic heterocycles. The molecule has 7 nitrogen and oxygen atoms in total. The Kier molecular flexibility index (Phi) is 5.84. The summed E-state index contributed by atoms with van der Waals surface area (Å²) in [5.74, 6) is -1.71. The number of carboxylic acids is 1. The van der Waals surface area contributed by atoms with Crippen LogP contribution in [0.2, 0.25) is 0 Å². The lowest BCUT2D eigenvalue weighted by molar-refractivity contribution is -0.140. The third-order valence-electron chi connectivity index (χ3n) is 2.70. The summed E-state index contributed by atoms with van der Waals surface area (Å²) in [6.07, 6.45) is 4.38. The molecule has 0 aromatic heterocycles. The summed E-state index contributed by atoms with van der Waals surface area (Å²) < 4.78 is 0. The molecule has 0 fully saturated rings. The Balaban J connectivity index is 2.20. The van der Waals surface area contributed by atoms with Gasteiger partial charge in [-0.15, -0.1) is 0 Å². The van der Waals surface area contributed by atoms with E-state index in [1.54, 1.807) is 12.2 Å². The smallest absolute Gasteiger partial charge is 0.315 e. The maximum atomic E-state index is 11.5. The van der Waals surface area contributed by atoms with Crippen LogP contribution in [-0.2, 0) is 9.59 Å². The molecule has 0 saturated heterocycles. The zero-order valence-electron chi connectivity index (χ0n) is 10.8. The standard InChI is InChI=1S/C12H19N3O4/c1-2-5-13-10(16)7-14-12(19)15-9-4-3-8(6-9)11(17)18/h3-4,8-9H,2,5-7H2,1H3,(H,13,16)(H,17,18)(H2,14,15,19). The van der Waals surface area contributed by atoms with Crippen LogP contribution in [0.1, 0.15) is 19.8 Å². The summed E-state index contributed by atoms with van der Waals surface area (Å²) in [4.78, 5) is 33.4. The Hall–Kier alpha value is -2.05. The third kappa shape index (κ3) is 5.41. The van der Waals surface area contributed by atoms with Gasteiger partial charge in [-0.05, 0) is 12.8 Å². The van der Waals surface area contributed by atoms with Gasteiger partial charge in [0.2, 0.25) is 5.91 Å². The van der Waals surface area contributed by atoms with Crippen LogP contribution in [0.15, 0.2) is 12.2 Å². The molecule has 3 amide bonds. The van der Waals surface area contributed by atoms with Gasteiger partial charge in [0.25, 0.3) is 0 Å². The third-order valence-corrected chi connectivity index (χ3v) is 2.70. The Morgan fingerprint density at radius 3 is 2.58 bits per heavy atom. The quantitative estimate of drug-likeness (QED) is 0.502. The first kappa shape index (κ1) is 15.0. The molecule has 1 aliphatic rings. The van der Waals surface area contributed by atoms with Crippen molar-refractivity contribution in [2.75, 3.05) is 13.1 Å². The average molecular weight is 269 g/mol. The number of hydrogen-bond donors (Lipinski definition) is 4. The minimum Gasteiger partial charge on any atom is -0.481 e. The summed E-state index contributed by atoms with van der Waals surface area (Å²) in [6.45, 7) is 2.42. The molecule has 0 heterocycles. The molecule has 106 valence electrons. The first-order valence-corrected chi connectivity index (χ1v) is 6.25. The molecule has 2 unspecified atom stereocenters. The van der Waals surface area contributed by atoms with Crippen LogP contribution in [0.5, 0.6) is 0 Å². The molecule has 4 N–H and O–H groups in total. The molecule has 1 rings (SSSR count). The lowest BCUT2D eigenvalue weighted by Gasteiger charge is -2.13. The first-order valence-electron chi connectivity index (χ1n) is 6.25. The average Bonchev–Trinajstić information content (AvgIpc) is 2.82. The summed E-state index contributed by atoms with van der Waals surface area (Å²) >= 11 is 0. The monoisotopic (exact) mass is 269 g/mol. The minimum atomic E-state index is -0.903. The molecule has 1 aliphatic carbocycles. The van der Waals surface area contributed by atoms with E-state index < -0.39 is 17.9 Å². The number of carbonyl (C=O) groups is 3. The molecule has 0 saturated carbocycles. The molecule has 0 aromatic rings. The number of amides is 3. The number of carboxylic acid groups (broad SMARTS) is 1. The predicted octanol–water partition coefficient (Wildman–Crippen LogP) is -0.159. The van der Waals surface area contributed by atoms with Crippen molar-refractivity contribution in [2.45, 2.75) is 25.8 Å². The fourth-order valence-electron chi connectivity index (χ4n) is 1.70. The largest absolute Gasteiger partial charge is 0.481 e. The van der Waals surface area contributed by atoms with Crippen LogP contribution < -0.4 is 16.0 Å². The summed E-state index contributed by atoms with van der Waals surface area (Å²) in [5, 5.41) is 16.4. The predicted molar refractivity (Wildman–Crippen MR) is 68.5 cm³/mol. The number of hydrogen-bond acceptors (Lipinski definition) is 3. The fraction of sp³-hybridized carbons (Fsp3) is 0.583. The van der Waals surface area contributed by atoms with Gasteiger partial charge in [-0.3, -0.25) is 9.59 Å². The van der Waals surface area contributed by atoms with Crippen LogP contribution in [-0.4, -0.2) is 42.1 Å². The highest BCUT2D eigenvalue weighted by molar-refractivity contribution is 5.84. The van der Waals surface area contributed by atoms with Crippen molar-refractivity contribution in [2.24, 2.45) is 5.92 Å². The Morgan fingerprint density at radius 2 is 2.00 bits per heavy atom. The minimum absolute atomic E-state index is 0.0926. The van der Waals surface area contributed by atoms with Crippen molar-refractivity contribution in [3.63, 3.8) is 0 Å². The second-order valence-corrected chi connectivity index (χ2v) is 4.35. The second-order valence-electron chi connectivity index (χ2n) is 4.35. The van der Waals surface area contributed by atoms with Crippen molar-refractivity contribution in [1.29, 1.82) is 0 Å². The van der Waals surface area contributed by atoms with Gasteiger partial charge in [-0.1, -0.05) is 19.1 Å². The number of rotatable bonds is 6. The molecule has 0 spiro atoms. The number of aliphatic carboxylic acids is 1. The van der Waals surface area contributed by atoms with Crippen molar-refractivity contribution in [3.8, 4) is 0 Å². The molecule has 19 heavy (non-hydrogen) atoms. The van der Waals surface area contributed by atoms with Crippen molar-refractivity contribution < 1.29 is 19.5 Å². The van der Waals surface area contributed by atoms with Gasteiger partial charge in [0, 0.05) is 6.54 Å². The Morgan fingerprint density at radius 1 is 1.26 bits per heavy atom. The summed E-state index contributed by atoms with van der Waals surface area (Å²) in [6, 6.07) is -0.785. The van der Waals surface area contributed by atoms with Crippen LogP contribution in [0.3, 0.4) is 0 Å². The zero-order chi connectivity index (χ0) is 14.3. The fourth-order valence-corrected chi connectivity index (χ4v) is 1.70. The lowest BCUT2D eigenvalue weighted by atomic mass is 10.1. The molecular weight excluding hydrogens is 250 g/mol. The number of nitrogens with one attached hydrogen (secondary N) is 3. The van der Waals surface area contributed by atoms with E-state index in [2.05, 4.69) is 16.0 Å². The highest BCUT2D eigenvalue weighted by Crippen LogP contribution is 2.17. The SMILES string of the molecule is CCCNC(=O)CNC(=O)NC1C=CC(C(=O)O)C1. The van der Waals surface area contributed by atoms with Gasteiger partial charge in [-0.2, -0.15) is 0 Å². The Labute approximate surface area is 111 Å². The summed E-state index contributed by atoms with van der Waals surface area (Å²) in [5.41, 5.74) is 0. The van der Waals surface area contributed by atoms with Crippen LogP contribution in [0.4, 0.5) is 4.79 Å². The van der Waals surface area contributed by atoms with Gasteiger partial charge < -0.3 is 21.1 Å². The maximum absolute atomic E-state index is 11.5. The number of urea groups is 1. The van der Waals surface area contributed by atoms with Crippen molar-refractivity contribution >= 4 is 17.9 Å². The van der Waals surface area contributed by atoms with Gasteiger partial charge in [-0.25, -0.2) is 4.79 Å². The van der Waals surface area contributed by atoms with E-state index in [-0.39, 0.29) is 18.5 Å². The lowest BCUT2D eigenvalue weighted by Crippen LogP contribution is -2.45. The van der Waals surface area contributed by atoms with Gasteiger partial charge >= 0.3 is 12.0 Å². The normalized spacial score (nSPS) is 20.9. The van der Waals surface area contributed by atoms with E-state index in [0.717, 1.165) is 6.42 Å². The van der Waals surface area contributed by atoms with Crippen molar-refractivity contribution in [3.05, 3.63) is 12.2 Å². The molecular formula is C12H19N3O4. The van der Waals surface area contributed by atoms with E-state index in [1.165, 1.54) is 0 Å². The van der Waals surface area contributed by atoms with E-state index in [1.807, 2.05) is 6.92 Å². The van der Waals surface area contributed by atoms with Gasteiger partial charge in [0.15, 0.2) is 0 Å². The van der Waals surface area contributed by atoms with Crippen LogP contribution in [0, 0.1) is 5.92 Å². The summed E-state index contributed by atoms with van der Waals surface area (Å²) in [7, 11) is 0. The molecule has 7 heteroatoms. The first-order chi connectivity index (χ1) is 9.02. The second kappa shape index (κ2) is 7.40. The van der Waals surface area contributed by atoms with Gasteiger partial charge in [0.1, 0.15) is 0 Å². The van der Waals surface area contributed by atoms with E-state index in [4.69, 9.17) is 5.11 Å². The highest BCUT2D eigenvalue weighted by atomic mass is 16.4. The van der Waals surface area contributed by atoms with Crippen molar-refractivity contribution in [1.82, 2.24) is 16.0 Å². The van der Waals surface area contributed by atoms with E-state index in [0.29, 0.717) is 13.0 Å². The van der Waals surface area contributed by atoms with E-state index >= 15 is 0 Å². The van der Waals surface area contributed by atoms with Crippen LogP contribution >= 0.6 is 0 Å². The Bertz CT molecular complexity index is 381. The molecule has 2 atom stereocenters. The maximum Gasteiger partial charge on any atom is 0.315 e. The zero-order valence-corrected chi connectivity index (χ0v) is 10.8. The molecule has 0 aromatic carbocycles. The molecule has 0 bridgehead atoms. The van der Waals surface area contributed by atoms with E-state index in [9.17, 15) is 14.4 Å². The topological polar surface area (TPSA) is 108 Å². The van der Waals surface area contributed by atoms with Crippen LogP contribution in [0.25, 0.3) is 0 Å². The van der Waals surface area contributed by atoms with Gasteiger partial charge in [0.05, 0.1) is 18.5 Å². The highest BCUT2D eigenvalue weighted by Gasteiger charge is 2.25. The molecule has 0 radical (unpaired) electrons. The number of carbonyl (C=O) groups excluding carboxylic acids is 2.